The van der Waals surface area contributed by atoms with E-state index >= 15 is 0 Å². The molecular formula is C16H18N2S. The summed E-state index contributed by atoms with van der Waals surface area (Å²) in [5, 5.41) is 0. The average Bonchev–Trinajstić information content (AvgIpc) is 2.43. The highest BCUT2D eigenvalue weighted by molar-refractivity contribution is 7.99. The van der Waals surface area contributed by atoms with Gasteiger partial charge in [-0.05, 0) is 30.7 Å². The third-order valence-corrected chi connectivity index (χ3v) is 4.62. The van der Waals surface area contributed by atoms with Gasteiger partial charge in [0.25, 0.3) is 0 Å². The molecule has 2 heterocycles. The van der Waals surface area contributed by atoms with E-state index in [0.29, 0.717) is 6.04 Å². The van der Waals surface area contributed by atoms with Gasteiger partial charge in [0.05, 0.1) is 5.69 Å². The summed E-state index contributed by atoms with van der Waals surface area (Å²) in [5.74, 6) is 2.18. The van der Waals surface area contributed by atoms with Crippen LogP contribution in [0.3, 0.4) is 0 Å². The summed E-state index contributed by atoms with van der Waals surface area (Å²) in [7, 11) is 0. The monoisotopic (exact) mass is 270 g/mol. The molecule has 1 aromatic rings. The molecule has 1 unspecified atom stereocenters. The van der Waals surface area contributed by atoms with Crippen molar-refractivity contribution in [1.82, 2.24) is 4.90 Å². The van der Waals surface area contributed by atoms with Crippen LogP contribution in [-0.4, -0.2) is 22.5 Å². The molecule has 2 nitrogen and oxygen atoms in total. The van der Waals surface area contributed by atoms with Crippen molar-refractivity contribution in [1.29, 1.82) is 0 Å². The lowest BCUT2D eigenvalue weighted by molar-refractivity contribution is 0.406. The number of amidine groups is 1. The van der Waals surface area contributed by atoms with Crippen LogP contribution in [0.5, 0.6) is 0 Å². The first-order valence-corrected chi connectivity index (χ1v) is 7.81. The SMILES string of the molecule is CCCC1CSc2ccccc2N=C2C=CC=CN21. The Morgan fingerprint density at radius 1 is 1.32 bits per heavy atom. The van der Waals surface area contributed by atoms with Gasteiger partial charge in [0.2, 0.25) is 0 Å². The minimum absolute atomic E-state index is 0.531. The maximum Gasteiger partial charge on any atom is 0.133 e. The number of aliphatic imine (C=N–C) groups is 1. The van der Waals surface area contributed by atoms with Gasteiger partial charge in [-0.3, -0.25) is 0 Å². The maximum absolute atomic E-state index is 4.84. The van der Waals surface area contributed by atoms with Crippen molar-refractivity contribution in [2.75, 3.05) is 5.75 Å². The van der Waals surface area contributed by atoms with Crippen LogP contribution >= 0.6 is 11.8 Å². The second-order valence-electron chi connectivity index (χ2n) is 4.80. The standard InChI is InChI=1S/C16H18N2S/c1-2-7-13-12-19-15-9-4-3-8-14(15)17-16-10-5-6-11-18(13)16/h3-6,8-11,13H,2,7,12H2,1H3. The molecule has 0 bridgehead atoms. The smallest absolute Gasteiger partial charge is 0.133 e. The second kappa shape index (κ2) is 5.66. The molecule has 0 radical (unpaired) electrons. The zero-order valence-electron chi connectivity index (χ0n) is 11.1. The Labute approximate surface area is 118 Å². The van der Waals surface area contributed by atoms with Crippen molar-refractivity contribution in [3.63, 3.8) is 0 Å². The minimum Gasteiger partial charge on any atom is -0.329 e. The van der Waals surface area contributed by atoms with Gasteiger partial charge in [0, 0.05) is 22.9 Å². The lowest BCUT2D eigenvalue weighted by Gasteiger charge is -2.33. The number of hydrogen-bond donors (Lipinski definition) is 0. The molecule has 2 aliphatic rings. The van der Waals surface area contributed by atoms with Crippen molar-refractivity contribution >= 4 is 23.3 Å². The fourth-order valence-electron chi connectivity index (χ4n) is 2.47. The summed E-state index contributed by atoms with van der Waals surface area (Å²) >= 11 is 1.92. The maximum atomic E-state index is 4.84. The molecule has 0 spiro atoms. The molecular weight excluding hydrogens is 252 g/mol. The van der Waals surface area contributed by atoms with E-state index in [4.69, 9.17) is 4.99 Å². The Bertz CT molecular complexity index is 545. The zero-order valence-corrected chi connectivity index (χ0v) is 11.9. The lowest BCUT2D eigenvalue weighted by atomic mass is 10.1. The van der Waals surface area contributed by atoms with E-state index in [2.05, 4.69) is 60.5 Å². The van der Waals surface area contributed by atoms with Crippen LogP contribution in [0.15, 0.2) is 58.6 Å². The van der Waals surface area contributed by atoms with Crippen LogP contribution in [0.2, 0.25) is 0 Å². The van der Waals surface area contributed by atoms with E-state index in [1.165, 1.54) is 17.7 Å². The van der Waals surface area contributed by atoms with Crippen molar-refractivity contribution in [2.24, 2.45) is 4.99 Å². The molecule has 1 atom stereocenters. The van der Waals surface area contributed by atoms with Crippen LogP contribution in [0.25, 0.3) is 0 Å². The molecule has 0 saturated heterocycles. The predicted octanol–water partition coefficient (Wildman–Crippen LogP) is 4.38. The average molecular weight is 270 g/mol. The predicted molar refractivity (Wildman–Crippen MR) is 83.1 cm³/mol. The van der Waals surface area contributed by atoms with Crippen LogP contribution in [0, 0.1) is 0 Å². The van der Waals surface area contributed by atoms with Gasteiger partial charge >= 0.3 is 0 Å². The summed E-state index contributed by atoms with van der Waals surface area (Å²) in [6, 6.07) is 8.95. The summed E-state index contributed by atoms with van der Waals surface area (Å²) in [5.41, 5.74) is 1.09. The van der Waals surface area contributed by atoms with E-state index in [9.17, 15) is 0 Å². The number of hydrogen-bond acceptors (Lipinski definition) is 3. The highest BCUT2D eigenvalue weighted by Gasteiger charge is 2.22. The lowest BCUT2D eigenvalue weighted by Crippen LogP contribution is -2.38. The number of allylic oxidation sites excluding steroid dienone is 2. The number of thioether (sulfide) groups is 1. The molecule has 0 aromatic heterocycles. The fourth-order valence-corrected chi connectivity index (χ4v) is 3.60. The van der Waals surface area contributed by atoms with E-state index in [0.717, 1.165) is 17.3 Å². The zero-order chi connectivity index (χ0) is 13.1. The molecule has 2 aliphatic heterocycles. The fraction of sp³-hybridized carbons (Fsp3) is 0.312. The van der Waals surface area contributed by atoms with Gasteiger partial charge in [-0.1, -0.05) is 31.6 Å². The Hall–Kier alpha value is -1.48. The Kier molecular flexibility index (Phi) is 3.74. The first-order chi connectivity index (χ1) is 9.38. The number of nitrogens with zero attached hydrogens (tertiary/aromatic N) is 2. The molecule has 0 amide bonds. The summed E-state index contributed by atoms with van der Waals surface area (Å²) in [6.45, 7) is 2.25. The Balaban J connectivity index is 2.02. The van der Waals surface area contributed by atoms with Crippen molar-refractivity contribution in [3.8, 4) is 0 Å². The largest absolute Gasteiger partial charge is 0.329 e. The minimum atomic E-state index is 0.531. The van der Waals surface area contributed by atoms with Crippen LogP contribution in [0.4, 0.5) is 5.69 Å². The third-order valence-electron chi connectivity index (χ3n) is 3.41. The number of fused-ring (bicyclic) bond motifs is 2. The van der Waals surface area contributed by atoms with Gasteiger partial charge in [-0.15, -0.1) is 11.8 Å². The number of rotatable bonds is 2. The topological polar surface area (TPSA) is 15.6 Å². The van der Waals surface area contributed by atoms with Gasteiger partial charge in [-0.2, -0.15) is 0 Å². The van der Waals surface area contributed by atoms with E-state index in [1.54, 1.807) is 0 Å². The molecule has 0 aliphatic carbocycles. The molecule has 19 heavy (non-hydrogen) atoms. The second-order valence-corrected chi connectivity index (χ2v) is 5.86. The van der Waals surface area contributed by atoms with Crippen LogP contribution in [-0.2, 0) is 0 Å². The van der Waals surface area contributed by atoms with Gasteiger partial charge in [0.1, 0.15) is 5.84 Å². The normalized spacial score (nSPS) is 21.2. The number of benzene rings is 1. The summed E-state index contributed by atoms with van der Waals surface area (Å²) < 4.78 is 0. The van der Waals surface area contributed by atoms with Gasteiger partial charge in [0.15, 0.2) is 0 Å². The molecule has 3 heteroatoms. The third kappa shape index (κ3) is 2.61. The van der Waals surface area contributed by atoms with Crippen molar-refractivity contribution in [2.45, 2.75) is 30.7 Å². The highest BCUT2D eigenvalue weighted by Crippen LogP contribution is 2.34. The highest BCUT2D eigenvalue weighted by atomic mass is 32.2. The van der Waals surface area contributed by atoms with Crippen LogP contribution < -0.4 is 0 Å². The Morgan fingerprint density at radius 3 is 3.11 bits per heavy atom. The summed E-state index contributed by atoms with van der Waals surface area (Å²) in [6.07, 6.45) is 10.8. The first kappa shape index (κ1) is 12.5. The van der Waals surface area contributed by atoms with E-state index in [-0.39, 0.29) is 0 Å². The van der Waals surface area contributed by atoms with Crippen LogP contribution in [0.1, 0.15) is 19.8 Å². The van der Waals surface area contributed by atoms with Gasteiger partial charge < -0.3 is 4.90 Å². The molecule has 0 fully saturated rings. The van der Waals surface area contributed by atoms with E-state index in [1.807, 2.05) is 11.8 Å². The molecule has 1 aromatic carbocycles. The van der Waals surface area contributed by atoms with Gasteiger partial charge in [-0.25, -0.2) is 4.99 Å². The molecule has 3 rings (SSSR count). The first-order valence-electron chi connectivity index (χ1n) is 6.82. The molecule has 0 N–H and O–H groups in total. The summed E-state index contributed by atoms with van der Waals surface area (Å²) in [4.78, 5) is 8.45. The molecule has 98 valence electrons. The molecule has 0 saturated carbocycles. The van der Waals surface area contributed by atoms with Crippen molar-refractivity contribution < 1.29 is 0 Å². The van der Waals surface area contributed by atoms with E-state index < -0.39 is 0 Å². The number of para-hydroxylation sites is 1. The quantitative estimate of drug-likeness (QED) is 0.792. The van der Waals surface area contributed by atoms with Crippen molar-refractivity contribution in [3.05, 3.63) is 48.7 Å². The Morgan fingerprint density at radius 2 is 2.21 bits per heavy atom.